The van der Waals surface area contributed by atoms with Crippen LogP contribution in [0.5, 0.6) is 0 Å². The van der Waals surface area contributed by atoms with Crippen LogP contribution in [0, 0.1) is 5.92 Å². The lowest BCUT2D eigenvalue weighted by Crippen LogP contribution is -2.50. The Bertz CT molecular complexity index is 633. The van der Waals surface area contributed by atoms with Crippen molar-refractivity contribution in [2.45, 2.75) is 25.2 Å². The summed E-state index contributed by atoms with van der Waals surface area (Å²) in [5.74, 6) is 0.531. The van der Waals surface area contributed by atoms with Gasteiger partial charge in [-0.05, 0) is 30.0 Å². The first kappa shape index (κ1) is 17.7. The van der Waals surface area contributed by atoms with E-state index in [0.717, 1.165) is 12.0 Å². The van der Waals surface area contributed by atoms with Gasteiger partial charge in [-0.2, -0.15) is 4.31 Å². The van der Waals surface area contributed by atoms with Crippen molar-refractivity contribution in [3.63, 3.8) is 0 Å². The molecule has 2 rings (SSSR count). The Balaban J connectivity index is 2.06. The Hall–Kier alpha value is -1.60. The Morgan fingerprint density at radius 2 is 1.70 bits per heavy atom. The smallest absolute Gasteiger partial charge is 0.409 e. The molecule has 7 heteroatoms. The number of rotatable bonds is 4. The molecular weight excluding hydrogens is 316 g/mol. The molecule has 0 aliphatic carbocycles. The third-order valence-corrected chi connectivity index (χ3v) is 5.79. The summed E-state index contributed by atoms with van der Waals surface area (Å²) < 4.78 is 31.4. The van der Waals surface area contributed by atoms with Gasteiger partial charge in [-0.1, -0.05) is 26.0 Å². The maximum absolute atomic E-state index is 12.7. The molecule has 1 aliphatic heterocycles. The van der Waals surface area contributed by atoms with E-state index in [2.05, 4.69) is 18.6 Å². The Labute approximate surface area is 138 Å². The van der Waals surface area contributed by atoms with Crippen molar-refractivity contribution in [2.75, 3.05) is 33.3 Å². The molecule has 1 amide bonds. The fourth-order valence-corrected chi connectivity index (χ4v) is 4.08. The number of carbonyl (C=O) groups excluding carboxylic acids is 1. The molecule has 0 spiro atoms. The van der Waals surface area contributed by atoms with Crippen LogP contribution < -0.4 is 0 Å². The van der Waals surface area contributed by atoms with Crippen LogP contribution >= 0.6 is 0 Å². The van der Waals surface area contributed by atoms with Crippen molar-refractivity contribution in [3.8, 4) is 0 Å². The van der Waals surface area contributed by atoms with Crippen LogP contribution in [-0.2, 0) is 21.2 Å². The van der Waals surface area contributed by atoms with Gasteiger partial charge >= 0.3 is 6.09 Å². The van der Waals surface area contributed by atoms with Gasteiger partial charge in [0.15, 0.2) is 0 Å². The molecule has 1 heterocycles. The molecule has 23 heavy (non-hydrogen) atoms. The number of piperazine rings is 1. The highest BCUT2D eigenvalue weighted by Crippen LogP contribution is 2.19. The van der Waals surface area contributed by atoms with E-state index in [1.165, 1.54) is 16.3 Å². The van der Waals surface area contributed by atoms with Crippen LogP contribution in [0.25, 0.3) is 0 Å². The van der Waals surface area contributed by atoms with Crippen LogP contribution in [0.15, 0.2) is 29.2 Å². The first-order valence-electron chi connectivity index (χ1n) is 7.76. The van der Waals surface area contributed by atoms with Gasteiger partial charge < -0.3 is 9.64 Å². The number of amides is 1. The molecule has 0 saturated carbocycles. The van der Waals surface area contributed by atoms with Crippen LogP contribution in [-0.4, -0.2) is 57.0 Å². The molecule has 1 fully saturated rings. The van der Waals surface area contributed by atoms with Gasteiger partial charge in [0.05, 0.1) is 12.0 Å². The van der Waals surface area contributed by atoms with Crippen molar-refractivity contribution in [2.24, 2.45) is 5.92 Å². The Morgan fingerprint density at radius 1 is 1.13 bits per heavy atom. The second-order valence-electron chi connectivity index (χ2n) is 6.10. The highest BCUT2D eigenvalue weighted by Gasteiger charge is 2.30. The van der Waals surface area contributed by atoms with Crippen LogP contribution in [0.2, 0.25) is 0 Å². The summed E-state index contributed by atoms with van der Waals surface area (Å²) >= 11 is 0. The van der Waals surface area contributed by atoms with Gasteiger partial charge in [0.25, 0.3) is 0 Å². The first-order valence-corrected chi connectivity index (χ1v) is 9.20. The van der Waals surface area contributed by atoms with Gasteiger partial charge in [-0.15, -0.1) is 0 Å². The van der Waals surface area contributed by atoms with Crippen molar-refractivity contribution in [1.82, 2.24) is 9.21 Å². The molecule has 0 unspecified atom stereocenters. The maximum atomic E-state index is 12.7. The van der Waals surface area contributed by atoms with E-state index in [4.69, 9.17) is 0 Å². The number of sulfonamides is 1. The van der Waals surface area contributed by atoms with Crippen molar-refractivity contribution in [1.29, 1.82) is 0 Å². The number of methoxy groups -OCH3 is 1. The molecule has 0 atom stereocenters. The van der Waals surface area contributed by atoms with E-state index in [-0.39, 0.29) is 13.1 Å². The molecule has 0 radical (unpaired) electrons. The standard InChI is InChI=1S/C16H24N2O4S/c1-13(2)12-14-4-6-15(7-5-14)23(20,21)18-10-8-17(9-11-18)16(19)22-3/h4-7,13H,8-12H2,1-3H3. The molecule has 1 aromatic rings. The second kappa shape index (κ2) is 7.31. The summed E-state index contributed by atoms with van der Waals surface area (Å²) in [6, 6.07) is 7.08. The number of ether oxygens (including phenoxy) is 1. The zero-order chi connectivity index (χ0) is 17.0. The Kier molecular flexibility index (Phi) is 5.64. The van der Waals surface area contributed by atoms with Gasteiger partial charge in [-0.3, -0.25) is 0 Å². The van der Waals surface area contributed by atoms with Crippen molar-refractivity contribution >= 4 is 16.1 Å². The number of nitrogens with zero attached hydrogens (tertiary/aromatic N) is 2. The second-order valence-corrected chi connectivity index (χ2v) is 8.04. The minimum Gasteiger partial charge on any atom is -0.453 e. The molecule has 6 nitrogen and oxygen atoms in total. The molecule has 1 saturated heterocycles. The Morgan fingerprint density at radius 3 is 2.17 bits per heavy atom. The molecule has 0 aromatic heterocycles. The van der Waals surface area contributed by atoms with E-state index < -0.39 is 16.1 Å². The molecule has 0 N–H and O–H groups in total. The quantitative estimate of drug-likeness (QED) is 0.840. The molecule has 0 bridgehead atoms. The third kappa shape index (κ3) is 4.23. The summed E-state index contributed by atoms with van der Waals surface area (Å²) in [7, 11) is -2.18. The number of benzene rings is 1. The molecule has 1 aliphatic rings. The zero-order valence-electron chi connectivity index (χ0n) is 13.9. The average molecular weight is 340 g/mol. The van der Waals surface area contributed by atoms with Crippen LogP contribution in [0.1, 0.15) is 19.4 Å². The van der Waals surface area contributed by atoms with Gasteiger partial charge in [0, 0.05) is 26.2 Å². The summed E-state index contributed by atoms with van der Waals surface area (Å²) in [4.78, 5) is 13.3. The molecular formula is C16H24N2O4S. The van der Waals surface area contributed by atoms with Crippen LogP contribution in [0.3, 0.4) is 0 Å². The van der Waals surface area contributed by atoms with E-state index in [0.29, 0.717) is 23.9 Å². The van der Waals surface area contributed by atoms with Crippen molar-refractivity contribution < 1.29 is 17.9 Å². The zero-order valence-corrected chi connectivity index (χ0v) is 14.7. The van der Waals surface area contributed by atoms with Gasteiger partial charge in [0.2, 0.25) is 10.0 Å². The molecule has 128 valence electrons. The monoisotopic (exact) mass is 340 g/mol. The summed E-state index contributed by atoms with van der Waals surface area (Å²) in [5.41, 5.74) is 1.13. The summed E-state index contributed by atoms with van der Waals surface area (Å²) in [6.45, 7) is 5.52. The minimum atomic E-state index is -3.51. The largest absolute Gasteiger partial charge is 0.453 e. The van der Waals surface area contributed by atoms with Gasteiger partial charge in [-0.25, -0.2) is 13.2 Å². The lowest BCUT2D eigenvalue weighted by Gasteiger charge is -2.33. The molecule has 1 aromatic carbocycles. The highest BCUT2D eigenvalue weighted by molar-refractivity contribution is 7.89. The van der Waals surface area contributed by atoms with E-state index in [1.807, 2.05) is 12.1 Å². The van der Waals surface area contributed by atoms with E-state index in [9.17, 15) is 13.2 Å². The lowest BCUT2D eigenvalue weighted by atomic mass is 10.0. The summed E-state index contributed by atoms with van der Waals surface area (Å²) in [5, 5.41) is 0. The van der Waals surface area contributed by atoms with Gasteiger partial charge in [0.1, 0.15) is 0 Å². The van der Waals surface area contributed by atoms with E-state index >= 15 is 0 Å². The summed E-state index contributed by atoms with van der Waals surface area (Å²) in [6.07, 6.45) is 0.512. The predicted molar refractivity (Wildman–Crippen MR) is 87.7 cm³/mol. The van der Waals surface area contributed by atoms with E-state index in [1.54, 1.807) is 12.1 Å². The minimum absolute atomic E-state index is 0.283. The topological polar surface area (TPSA) is 66.9 Å². The fraction of sp³-hybridized carbons (Fsp3) is 0.562. The lowest BCUT2D eigenvalue weighted by molar-refractivity contribution is 0.108. The van der Waals surface area contributed by atoms with Crippen LogP contribution in [0.4, 0.5) is 4.79 Å². The maximum Gasteiger partial charge on any atom is 0.409 e. The number of carbonyl (C=O) groups is 1. The normalized spacial score (nSPS) is 16.6. The van der Waals surface area contributed by atoms with Crippen molar-refractivity contribution in [3.05, 3.63) is 29.8 Å². The first-order chi connectivity index (χ1) is 10.8. The highest BCUT2D eigenvalue weighted by atomic mass is 32.2. The predicted octanol–water partition coefficient (Wildman–Crippen LogP) is 1.96. The fourth-order valence-electron chi connectivity index (χ4n) is 2.66. The number of hydrogen-bond donors (Lipinski definition) is 0. The third-order valence-electron chi connectivity index (χ3n) is 3.88. The SMILES string of the molecule is COC(=O)N1CCN(S(=O)(=O)c2ccc(CC(C)C)cc2)CC1. The number of hydrogen-bond acceptors (Lipinski definition) is 4. The average Bonchev–Trinajstić information content (AvgIpc) is 2.54.